The number of benzene rings is 1. The van der Waals surface area contributed by atoms with Gasteiger partial charge in [-0.15, -0.1) is 0 Å². The quantitative estimate of drug-likeness (QED) is 0.455. The minimum Gasteiger partial charge on any atom is -0.460 e. The number of alkyl halides is 3. The summed E-state index contributed by atoms with van der Waals surface area (Å²) in [6.45, 7) is 7.96. The molecule has 2 aliphatic rings. The van der Waals surface area contributed by atoms with E-state index in [4.69, 9.17) is 4.74 Å². The number of carbonyl (C=O) groups is 3. The highest BCUT2D eigenvalue weighted by molar-refractivity contribution is 6.12. The van der Waals surface area contributed by atoms with E-state index in [-0.39, 0.29) is 32.0 Å². The molecule has 0 aromatic heterocycles. The maximum atomic E-state index is 14.9. The number of halogens is 5. The number of likely N-dealkylation sites (tertiary alicyclic amines) is 1. The standard InChI is InChI=1S/C23H27F5N2O4/c1-21(2,3)34-15(31)7-6-9-29-10-8-14(19(29)32)30-18-13(24)11-12(23(26,27)28)17(25)16(18)22(4,5)20(30)33/h11,14H,6-10H2,1-5H3/t14-/m1/s1. The van der Waals surface area contributed by atoms with Gasteiger partial charge in [0.2, 0.25) is 11.8 Å². The first-order valence-corrected chi connectivity index (χ1v) is 10.9. The summed E-state index contributed by atoms with van der Waals surface area (Å²) in [5, 5.41) is 0. The van der Waals surface area contributed by atoms with Gasteiger partial charge in [0, 0.05) is 25.1 Å². The van der Waals surface area contributed by atoms with E-state index in [9.17, 15) is 36.3 Å². The monoisotopic (exact) mass is 490 g/mol. The zero-order chi connectivity index (χ0) is 25.8. The Morgan fingerprint density at radius 2 is 1.79 bits per heavy atom. The summed E-state index contributed by atoms with van der Waals surface area (Å²) in [6.07, 6.45) is -4.71. The second kappa shape index (κ2) is 8.49. The molecule has 2 aliphatic heterocycles. The molecule has 0 radical (unpaired) electrons. The summed E-state index contributed by atoms with van der Waals surface area (Å²) in [5.74, 6) is -4.96. The largest absolute Gasteiger partial charge is 0.460 e. The first-order valence-electron chi connectivity index (χ1n) is 10.9. The van der Waals surface area contributed by atoms with Gasteiger partial charge in [-0.2, -0.15) is 13.2 Å². The third kappa shape index (κ3) is 4.61. The van der Waals surface area contributed by atoms with Crippen molar-refractivity contribution >= 4 is 23.5 Å². The molecule has 11 heteroatoms. The van der Waals surface area contributed by atoms with Crippen LogP contribution in [-0.2, 0) is 30.7 Å². The summed E-state index contributed by atoms with van der Waals surface area (Å²) in [6, 6.07) is -1.16. The topological polar surface area (TPSA) is 66.9 Å². The van der Waals surface area contributed by atoms with Crippen molar-refractivity contribution in [2.45, 2.75) is 77.1 Å². The molecule has 1 fully saturated rings. The second-order valence-electron chi connectivity index (χ2n) is 10.1. The van der Waals surface area contributed by atoms with Gasteiger partial charge >= 0.3 is 12.1 Å². The zero-order valence-electron chi connectivity index (χ0n) is 19.6. The Labute approximate surface area is 194 Å². The van der Waals surface area contributed by atoms with Crippen LogP contribution in [0.25, 0.3) is 0 Å². The number of nitrogens with zero attached hydrogens (tertiary/aromatic N) is 2. The van der Waals surface area contributed by atoms with E-state index in [0.29, 0.717) is 6.42 Å². The molecule has 0 unspecified atom stereocenters. The number of anilines is 1. The minimum absolute atomic E-state index is 0.0217. The fourth-order valence-electron chi connectivity index (χ4n) is 4.43. The van der Waals surface area contributed by atoms with Gasteiger partial charge in [0.1, 0.15) is 23.3 Å². The molecule has 188 valence electrons. The number of esters is 1. The Balaban J connectivity index is 1.83. The summed E-state index contributed by atoms with van der Waals surface area (Å²) in [4.78, 5) is 40.2. The Morgan fingerprint density at radius 1 is 1.18 bits per heavy atom. The predicted octanol–water partition coefficient (Wildman–Crippen LogP) is 4.33. The molecule has 2 amide bonds. The van der Waals surface area contributed by atoms with Gasteiger partial charge in [-0.25, -0.2) is 8.78 Å². The van der Waals surface area contributed by atoms with Crippen molar-refractivity contribution < 1.29 is 41.1 Å². The van der Waals surface area contributed by atoms with E-state index in [0.717, 1.165) is 4.90 Å². The van der Waals surface area contributed by atoms with Crippen LogP contribution < -0.4 is 4.90 Å². The highest BCUT2D eigenvalue weighted by Crippen LogP contribution is 2.49. The van der Waals surface area contributed by atoms with Gasteiger partial charge in [-0.1, -0.05) is 0 Å². The van der Waals surface area contributed by atoms with E-state index in [1.807, 2.05) is 0 Å². The van der Waals surface area contributed by atoms with E-state index < -0.39 is 69.5 Å². The number of amides is 2. The molecule has 1 atom stereocenters. The van der Waals surface area contributed by atoms with E-state index >= 15 is 0 Å². The molecule has 0 spiro atoms. The molecule has 0 bridgehead atoms. The van der Waals surface area contributed by atoms with Crippen molar-refractivity contribution in [3.05, 3.63) is 28.8 Å². The van der Waals surface area contributed by atoms with Crippen molar-refractivity contribution in [1.82, 2.24) is 4.90 Å². The lowest BCUT2D eigenvalue weighted by Gasteiger charge is -2.26. The maximum Gasteiger partial charge on any atom is 0.419 e. The maximum absolute atomic E-state index is 14.9. The first-order chi connectivity index (χ1) is 15.5. The molecule has 1 aromatic carbocycles. The third-order valence-electron chi connectivity index (χ3n) is 5.92. The van der Waals surface area contributed by atoms with E-state index in [1.165, 1.54) is 18.7 Å². The Bertz CT molecular complexity index is 1030. The summed E-state index contributed by atoms with van der Waals surface area (Å²) in [7, 11) is 0. The predicted molar refractivity (Wildman–Crippen MR) is 112 cm³/mol. The average molecular weight is 490 g/mol. The molecule has 1 aromatic rings. The number of fused-ring (bicyclic) bond motifs is 1. The number of ether oxygens (including phenoxy) is 1. The van der Waals surface area contributed by atoms with Crippen LogP contribution in [0, 0.1) is 11.6 Å². The van der Waals surface area contributed by atoms with Crippen molar-refractivity contribution in [2.24, 2.45) is 0 Å². The number of carbonyl (C=O) groups excluding carboxylic acids is 3. The van der Waals surface area contributed by atoms with Crippen molar-refractivity contribution in [2.75, 3.05) is 18.0 Å². The van der Waals surface area contributed by atoms with Crippen molar-refractivity contribution in [1.29, 1.82) is 0 Å². The fourth-order valence-corrected chi connectivity index (χ4v) is 4.43. The molecule has 6 nitrogen and oxygen atoms in total. The van der Waals surface area contributed by atoms with Crippen LogP contribution in [0.15, 0.2) is 6.07 Å². The lowest BCUT2D eigenvalue weighted by Crippen LogP contribution is -2.47. The molecular weight excluding hydrogens is 463 g/mol. The SMILES string of the molecule is CC(C)(C)OC(=O)CCCN1CC[C@@H](N2C(=O)C(C)(C)c3c(F)c(C(F)(F)F)cc(F)c32)C1=O. The molecule has 0 aliphatic carbocycles. The Kier molecular flexibility index (Phi) is 6.47. The lowest BCUT2D eigenvalue weighted by atomic mass is 9.84. The third-order valence-corrected chi connectivity index (χ3v) is 5.92. The van der Waals surface area contributed by atoms with Gasteiger partial charge in [0.05, 0.1) is 16.7 Å². The summed E-state index contributed by atoms with van der Waals surface area (Å²) >= 11 is 0. The molecule has 1 saturated heterocycles. The van der Waals surface area contributed by atoms with Crippen LogP contribution >= 0.6 is 0 Å². The second-order valence-corrected chi connectivity index (χ2v) is 10.1. The normalized spacial score (nSPS) is 20.2. The van der Waals surface area contributed by atoms with Crippen LogP contribution in [0.1, 0.15) is 65.0 Å². The highest BCUT2D eigenvalue weighted by Gasteiger charge is 2.54. The molecule has 0 N–H and O–H groups in total. The summed E-state index contributed by atoms with van der Waals surface area (Å²) < 4.78 is 74.7. The van der Waals surface area contributed by atoms with Gasteiger partial charge in [-0.05, 0) is 53.5 Å². The van der Waals surface area contributed by atoms with Crippen LogP contribution in [0.5, 0.6) is 0 Å². The summed E-state index contributed by atoms with van der Waals surface area (Å²) in [5.41, 5.74) is -5.58. The minimum atomic E-state index is -5.15. The number of hydrogen-bond acceptors (Lipinski definition) is 4. The van der Waals surface area contributed by atoms with Crippen molar-refractivity contribution in [3.63, 3.8) is 0 Å². The highest BCUT2D eigenvalue weighted by atomic mass is 19.4. The molecule has 2 heterocycles. The molecule has 0 saturated carbocycles. The van der Waals surface area contributed by atoms with Crippen LogP contribution in [0.3, 0.4) is 0 Å². The first kappa shape index (κ1) is 25.9. The fraction of sp³-hybridized carbons (Fsp3) is 0.609. The van der Waals surface area contributed by atoms with Crippen LogP contribution in [0.2, 0.25) is 0 Å². The zero-order valence-corrected chi connectivity index (χ0v) is 19.6. The number of rotatable bonds is 5. The van der Waals surface area contributed by atoms with Gasteiger partial charge in [0.15, 0.2) is 0 Å². The lowest BCUT2D eigenvalue weighted by molar-refractivity contribution is -0.155. The molecule has 3 rings (SSSR count). The van der Waals surface area contributed by atoms with E-state index in [1.54, 1.807) is 20.8 Å². The molecule has 34 heavy (non-hydrogen) atoms. The van der Waals surface area contributed by atoms with Gasteiger partial charge < -0.3 is 9.64 Å². The van der Waals surface area contributed by atoms with E-state index in [2.05, 4.69) is 0 Å². The Hall–Kier alpha value is -2.72. The van der Waals surface area contributed by atoms with Crippen molar-refractivity contribution in [3.8, 4) is 0 Å². The average Bonchev–Trinajstić information content (AvgIpc) is 3.11. The smallest absolute Gasteiger partial charge is 0.419 e. The number of hydrogen-bond donors (Lipinski definition) is 0. The van der Waals surface area contributed by atoms with Gasteiger partial charge in [-0.3, -0.25) is 19.3 Å². The van der Waals surface area contributed by atoms with Gasteiger partial charge in [0.25, 0.3) is 0 Å². The molecular formula is C23H27F5N2O4. The Morgan fingerprint density at radius 3 is 2.35 bits per heavy atom. The van der Waals surface area contributed by atoms with Crippen LogP contribution in [-0.4, -0.2) is 47.4 Å². The van der Waals surface area contributed by atoms with Crippen LogP contribution in [0.4, 0.5) is 27.6 Å².